The number of aryl methyl sites for hydroxylation is 1. The SMILES string of the molecule is Cc1cc(NN)nc(COc2ccccc2Br)n1. The van der Waals surface area contributed by atoms with Crippen molar-refractivity contribution in [3.8, 4) is 5.75 Å². The largest absolute Gasteiger partial charge is 0.484 e. The van der Waals surface area contributed by atoms with Gasteiger partial charge >= 0.3 is 0 Å². The van der Waals surface area contributed by atoms with E-state index in [4.69, 9.17) is 10.6 Å². The van der Waals surface area contributed by atoms with Gasteiger partial charge in [-0.3, -0.25) is 0 Å². The normalized spacial score (nSPS) is 10.2. The highest BCUT2D eigenvalue weighted by Gasteiger charge is 2.04. The second kappa shape index (κ2) is 5.79. The first-order chi connectivity index (χ1) is 8.69. The lowest BCUT2D eigenvalue weighted by atomic mass is 10.3. The van der Waals surface area contributed by atoms with Crippen LogP contribution in [0, 0.1) is 6.92 Å². The highest BCUT2D eigenvalue weighted by molar-refractivity contribution is 9.10. The minimum atomic E-state index is 0.291. The fourth-order valence-electron chi connectivity index (χ4n) is 1.47. The molecule has 2 aromatic rings. The minimum Gasteiger partial charge on any atom is -0.484 e. The predicted octanol–water partition coefficient (Wildman–Crippen LogP) is 2.41. The van der Waals surface area contributed by atoms with Gasteiger partial charge in [0.15, 0.2) is 5.82 Å². The lowest BCUT2D eigenvalue weighted by molar-refractivity contribution is 0.294. The molecule has 0 aliphatic carbocycles. The topological polar surface area (TPSA) is 73.1 Å². The van der Waals surface area contributed by atoms with E-state index < -0.39 is 0 Å². The Bertz CT molecular complexity index is 547. The molecule has 0 aliphatic heterocycles. The van der Waals surface area contributed by atoms with Gasteiger partial charge in [-0.25, -0.2) is 15.8 Å². The number of benzene rings is 1. The molecule has 0 unspecified atom stereocenters. The monoisotopic (exact) mass is 308 g/mol. The Morgan fingerprint density at radius 1 is 1.33 bits per heavy atom. The summed E-state index contributed by atoms with van der Waals surface area (Å²) in [6, 6.07) is 9.39. The molecule has 0 saturated heterocycles. The Hall–Kier alpha value is -1.66. The van der Waals surface area contributed by atoms with E-state index in [1.54, 1.807) is 6.07 Å². The molecule has 1 heterocycles. The lowest BCUT2D eigenvalue weighted by Crippen LogP contribution is -2.12. The summed E-state index contributed by atoms with van der Waals surface area (Å²) < 4.78 is 6.53. The average Bonchev–Trinajstić information content (AvgIpc) is 2.37. The van der Waals surface area contributed by atoms with Crippen LogP contribution in [0.4, 0.5) is 5.82 Å². The minimum absolute atomic E-state index is 0.291. The summed E-state index contributed by atoms with van der Waals surface area (Å²) in [5, 5.41) is 0. The third kappa shape index (κ3) is 3.18. The van der Waals surface area contributed by atoms with Gasteiger partial charge in [0.25, 0.3) is 0 Å². The lowest BCUT2D eigenvalue weighted by Gasteiger charge is -2.08. The number of anilines is 1. The van der Waals surface area contributed by atoms with Gasteiger partial charge in [0.05, 0.1) is 4.47 Å². The standard InChI is InChI=1S/C12H13BrN4O/c1-8-6-11(17-14)16-12(15-8)7-18-10-5-3-2-4-9(10)13/h2-6H,7,14H2,1H3,(H,15,16,17). The molecular formula is C12H13BrN4O. The maximum absolute atomic E-state index is 5.64. The zero-order chi connectivity index (χ0) is 13.0. The van der Waals surface area contributed by atoms with Crippen molar-refractivity contribution in [1.82, 2.24) is 9.97 Å². The number of halogens is 1. The molecule has 0 saturated carbocycles. The van der Waals surface area contributed by atoms with E-state index in [1.807, 2.05) is 31.2 Å². The smallest absolute Gasteiger partial charge is 0.168 e. The Morgan fingerprint density at radius 3 is 2.83 bits per heavy atom. The highest BCUT2D eigenvalue weighted by atomic mass is 79.9. The first-order valence-electron chi connectivity index (χ1n) is 5.37. The highest BCUT2D eigenvalue weighted by Crippen LogP contribution is 2.24. The fraction of sp³-hybridized carbons (Fsp3) is 0.167. The van der Waals surface area contributed by atoms with E-state index in [1.165, 1.54) is 0 Å². The molecule has 0 fully saturated rings. The van der Waals surface area contributed by atoms with Crippen LogP contribution < -0.4 is 16.0 Å². The Morgan fingerprint density at radius 2 is 2.11 bits per heavy atom. The summed E-state index contributed by atoms with van der Waals surface area (Å²) >= 11 is 3.41. The van der Waals surface area contributed by atoms with E-state index in [9.17, 15) is 0 Å². The first kappa shape index (κ1) is 12.8. The molecule has 18 heavy (non-hydrogen) atoms. The number of rotatable bonds is 4. The van der Waals surface area contributed by atoms with Gasteiger partial charge in [-0.05, 0) is 35.0 Å². The van der Waals surface area contributed by atoms with E-state index in [2.05, 4.69) is 31.3 Å². The van der Waals surface area contributed by atoms with Crippen LogP contribution >= 0.6 is 15.9 Å². The van der Waals surface area contributed by atoms with Crippen LogP contribution in [0.2, 0.25) is 0 Å². The Kier molecular flexibility index (Phi) is 4.11. The van der Waals surface area contributed by atoms with Gasteiger partial charge < -0.3 is 10.2 Å². The maximum Gasteiger partial charge on any atom is 0.168 e. The molecule has 6 heteroatoms. The van der Waals surface area contributed by atoms with Gasteiger partial charge in [0, 0.05) is 11.8 Å². The van der Waals surface area contributed by atoms with Crippen LogP contribution in [-0.2, 0) is 6.61 Å². The van der Waals surface area contributed by atoms with Crippen LogP contribution in [0.1, 0.15) is 11.5 Å². The summed E-state index contributed by atoms with van der Waals surface area (Å²) in [6.07, 6.45) is 0. The maximum atomic E-state index is 5.64. The van der Waals surface area contributed by atoms with Gasteiger partial charge in [0.2, 0.25) is 0 Å². The number of hydrogen-bond donors (Lipinski definition) is 2. The molecule has 0 atom stereocenters. The van der Waals surface area contributed by atoms with E-state index in [-0.39, 0.29) is 0 Å². The predicted molar refractivity (Wildman–Crippen MR) is 73.1 cm³/mol. The van der Waals surface area contributed by atoms with Crippen LogP contribution in [0.5, 0.6) is 5.75 Å². The number of aromatic nitrogens is 2. The van der Waals surface area contributed by atoms with Crippen LogP contribution in [0.25, 0.3) is 0 Å². The van der Waals surface area contributed by atoms with Gasteiger partial charge in [-0.2, -0.15) is 0 Å². The molecule has 0 aliphatic rings. The number of ether oxygens (including phenoxy) is 1. The quantitative estimate of drug-likeness (QED) is 0.670. The number of para-hydroxylation sites is 1. The van der Waals surface area contributed by atoms with Crippen molar-refractivity contribution in [3.63, 3.8) is 0 Å². The molecule has 3 N–H and O–H groups in total. The Balaban J connectivity index is 2.11. The molecule has 2 rings (SSSR count). The number of nitrogen functional groups attached to an aromatic ring is 1. The van der Waals surface area contributed by atoms with E-state index in [0.717, 1.165) is 15.9 Å². The molecule has 1 aromatic carbocycles. The average molecular weight is 309 g/mol. The van der Waals surface area contributed by atoms with Gasteiger partial charge in [0.1, 0.15) is 18.2 Å². The van der Waals surface area contributed by atoms with Crippen molar-refractivity contribution < 1.29 is 4.74 Å². The number of nitrogens with zero attached hydrogens (tertiary/aromatic N) is 2. The Labute approximate surface area is 113 Å². The number of hydrogen-bond acceptors (Lipinski definition) is 5. The van der Waals surface area contributed by atoms with E-state index in [0.29, 0.717) is 18.2 Å². The third-order valence-corrected chi connectivity index (χ3v) is 2.90. The van der Waals surface area contributed by atoms with Crippen molar-refractivity contribution in [2.75, 3.05) is 5.43 Å². The zero-order valence-corrected chi connectivity index (χ0v) is 11.4. The van der Waals surface area contributed by atoms with Gasteiger partial charge in [-0.15, -0.1) is 0 Å². The van der Waals surface area contributed by atoms with E-state index >= 15 is 0 Å². The summed E-state index contributed by atoms with van der Waals surface area (Å²) in [5.74, 6) is 7.24. The molecule has 0 bridgehead atoms. The fourth-order valence-corrected chi connectivity index (χ4v) is 1.87. The summed E-state index contributed by atoms with van der Waals surface area (Å²) in [5.41, 5.74) is 3.34. The first-order valence-corrected chi connectivity index (χ1v) is 6.17. The summed E-state index contributed by atoms with van der Waals surface area (Å²) in [6.45, 7) is 2.17. The van der Waals surface area contributed by atoms with Crippen molar-refractivity contribution in [2.45, 2.75) is 13.5 Å². The van der Waals surface area contributed by atoms with Crippen molar-refractivity contribution in [1.29, 1.82) is 0 Å². The molecule has 5 nitrogen and oxygen atoms in total. The summed E-state index contributed by atoms with van der Waals surface area (Å²) in [4.78, 5) is 8.49. The second-order valence-electron chi connectivity index (χ2n) is 3.67. The van der Waals surface area contributed by atoms with Gasteiger partial charge in [-0.1, -0.05) is 12.1 Å². The number of nitrogens with two attached hydrogens (primary N) is 1. The molecular weight excluding hydrogens is 296 g/mol. The number of nitrogens with one attached hydrogen (secondary N) is 1. The third-order valence-electron chi connectivity index (χ3n) is 2.24. The zero-order valence-electron chi connectivity index (χ0n) is 9.85. The molecule has 94 valence electrons. The van der Waals surface area contributed by atoms with Crippen LogP contribution in [-0.4, -0.2) is 9.97 Å². The second-order valence-corrected chi connectivity index (χ2v) is 4.53. The van der Waals surface area contributed by atoms with Crippen LogP contribution in [0.3, 0.4) is 0 Å². The van der Waals surface area contributed by atoms with Crippen molar-refractivity contribution in [3.05, 3.63) is 46.3 Å². The van der Waals surface area contributed by atoms with Crippen LogP contribution in [0.15, 0.2) is 34.8 Å². The number of hydrazine groups is 1. The van der Waals surface area contributed by atoms with Crippen molar-refractivity contribution in [2.24, 2.45) is 5.84 Å². The molecule has 0 radical (unpaired) electrons. The molecule has 1 aromatic heterocycles. The molecule has 0 amide bonds. The van der Waals surface area contributed by atoms with Crippen molar-refractivity contribution >= 4 is 21.7 Å². The summed E-state index contributed by atoms with van der Waals surface area (Å²) in [7, 11) is 0. The molecule has 0 spiro atoms.